The summed E-state index contributed by atoms with van der Waals surface area (Å²) >= 11 is 1.43. The largest absolute Gasteiger partial charge is 0.341 e. The lowest BCUT2D eigenvalue weighted by atomic mass is 10.4. The van der Waals surface area contributed by atoms with Gasteiger partial charge < -0.3 is 11.1 Å². The van der Waals surface area contributed by atoms with Crippen LogP contribution in [0.1, 0.15) is 13.8 Å². The van der Waals surface area contributed by atoms with Crippen molar-refractivity contribution >= 4 is 23.7 Å². The molecule has 0 fully saturated rings. The molecule has 0 aromatic heterocycles. The van der Waals surface area contributed by atoms with Crippen LogP contribution in [-0.4, -0.2) is 36.0 Å². The van der Waals surface area contributed by atoms with Crippen LogP contribution in [0.15, 0.2) is 0 Å². The van der Waals surface area contributed by atoms with E-state index in [2.05, 4.69) is 10.6 Å². The van der Waals surface area contributed by atoms with Gasteiger partial charge in [0.05, 0.1) is 5.25 Å². The Hall–Kier alpha value is -0.750. The van der Waals surface area contributed by atoms with Gasteiger partial charge in [0.2, 0.25) is 5.91 Å². The summed E-state index contributed by atoms with van der Waals surface area (Å²) in [7, 11) is 1.46. The minimum absolute atomic E-state index is 0.0512. The van der Waals surface area contributed by atoms with Crippen molar-refractivity contribution in [3.8, 4) is 0 Å². The fourth-order valence-electron chi connectivity index (χ4n) is 0.648. The molecule has 2 unspecified atom stereocenters. The number of carbonyl (C=O) groups is 2. The predicted molar refractivity (Wildman–Crippen MR) is 58.2 cm³/mol. The van der Waals surface area contributed by atoms with Crippen molar-refractivity contribution in [3.05, 3.63) is 0 Å². The number of imide groups is 1. The molecule has 5 nitrogen and oxygen atoms in total. The average Bonchev–Trinajstić information content (AvgIpc) is 2.13. The Morgan fingerprint density at radius 1 is 1.43 bits per heavy atom. The molecule has 2 atom stereocenters. The Morgan fingerprint density at radius 3 is 2.43 bits per heavy atom. The second-order valence-electron chi connectivity index (χ2n) is 3.02. The van der Waals surface area contributed by atoms with Gasteiger partial charge >= 0.3 is 6.03 Å². The number of amides is 3. The van der Waals surface area contributed by atoms with E-state index in [1.165, 1.54) is 18.8 Å². The molecule has 0 heterocycles. The normalized spacial score (nSPS) is 14.3. The van der Waals surface area contributed by atoms with Gasteiger partial charge in [-0.25, -0.2) is 4.79 Å². The van der Waals surface area contributed by atoms with E-state index >= 15 is 0 Å². The first-order valence-electron chi connectivity index (χ1n) is 4.37. The van der Waals surface area contributed by atoms with Crippen LogP contribution in [0.2, 0.25) is 0 Å². The van der Waals surface area contributed by atoms with Crippen molar-refractivity contribution in [3.63, 3.8) is 0 Å². The third-order valence-electron chi connectivity index (χ3n) is 1.44. The van der Waals surface area contributed by atoms with Gasteiger partial charge in [-0.1, -0.05) is 0 Å². The van der Waals surface area contributed by atoms with Gasteiger partial charge in [0.15, 0.2) is 0 Å². The highest BCUT2D eigenvalue weighted by atomic mass is 32.2. The summed E-state index contributed by atoms with van der Waals surface area (Å²) in [5, 5.41) is 4.25. The molecule has 82 valence electrons. The number of rotatable bonds is 4. The fourth-order valence-corrected chi connectivity index (χ4v) is 1.45. The molecule has 0 aliphatic rings. The van der Waals surface area contributed by atoms with Crippen LogP contribution in [0.4, 0.5) is 4.79 Å². The first kappa shape index (κ1) is 13.2. The highest BCUT2D eigenvalue weighted by Crippen LogP contribution is 2.10. The quantitative estimate of drug-likeness (QED) is 0.617. The molecule has 0 saturated heterocycles. The summed E-state index contributed by atoms with van der Waals surface area (Å²) in [6.45, 7) is 3.61. The van der Waals surface area contributed by atoms with Gasteiger partial charge in [0.25, 0.3) is 0 Å². The van der Waals surface area contributed by atoms with Crippen LogP contribution < -0.4 is 16.4 Å². The zero-order chi connectivity index (χ0) is 11.1. The molecule has 14 heavy (non-hydrogen) atoms. The highest BCUT2D eigenvalue weighted by Gasteiger charge is 2.15. The van der Waals surface area contributed by atoms with Crippen molar-refractivity contribution in [1.29, 1.82) is 0 Å². The lowest BCUT2D eigenvalue weighted by molar-refractivity contribution is -0.119. The molecule has 0 saturated carbocycles. The van der Waals surface area contributed by atoms with Crippen LogP contribution >= 0.6 is 11.8 Å². The van der Waals surface area contributed by atoms with Crippen LogP contribution in [0.5, 0.6) is 0 Å². The number of carbonyl (C=O) groups excluding carboxylic acids is 2. The average molecular weight is 219 g/mol. The molecular weight excluding hydrogens is 202 g/mol. The Balaban J connectivity index is 3.82. The number of nitrogens with two attached hydrogens (primary N) is 1. The van der Waals surface area contributed by atoms with E-state index in [-0.39, 0.29) is 17.2 Å². The number of nitrogens with one attached hydrogen (secondary N) is 2. The van der Waals surface area contributed by atoms with Crippen molar-refractivity contribution < 1.29 is 9.59 Å². The van der Waals surface area contributed by atoms with Gasteiger partial charge in [-0.3, -0.25) is 10.1 Å². The molecule has 0 aliphatic carbocycles. The van der Waals surface area contributed by atoms with E-state index in [4.69, 9.17) is 5.73 Å². The Labute approximate surface area is 88.2 Å². The van der Waals surface area contributed by atoms with Crippen molar-refractivity contribution in [2.75, 3.05) is 12.8 Å². The van der Waals surface area contributed by atoms with Gasteiger partial charge in [0.1, 0.15) is 0 Å². The predicted octanol–water partition coefficient (Wildman–Crippen LogP) is -0.0891. The monoisotopic (exact) mass is 219 g/mol. The molecular formula is C8H17N3O2S. The smallest absolute Gasteiger partial charge is 0.321 e. The van der Waals surface area contributed by atoms with Gasteiger partial charge in [-0.15, -0.1) is 11.8 Å². The minimum Gasteiger partial charge on any atom is -0.341 e. The molecule has 6 heteroatoms. The second-order valence-corrected chi connectivity index (χ2v) is 4.39. The minimum atomic E-state index is -0.483. The van der Waals surface area contributed by atoms with Gasteiger partial charge in [0, 0.05) is 18.8 Å². The number of urea groups is 1. The van der Waals surface area contributed by atoms with Crippen LogP contribution in [0.3, 0.4) is 0 Å². The molecule has 0 radical (unpaired) electrons. The lowest BCUT2D eigenvalue weighted by Gasteiger charge is -2.11. The van der Waals surface area contributed by atoms with E-state index < -0.39 is 6.03 Å². The van der Waals surface area contributed by atoms with Crippen molar-refractivity contribution in [2.45, 2.75) is 25.1 Å². The zero-order valence-electron chi connectivity index (χ0n) is 8.66. The van der Waals surface area contributed by atoms with E-state index in [1.807, 2.05) is 6.92 Å². The first-order valence-corrected chi connectivity index (χ1v) is 5.42. The number of hydrogen-bond donors (Lipinski definition) is 3. The van der Waals surface area contributed by atoms with Crippen LogP contribution in [-0.2, 0) is 4.79 Å². The fraction of sp³-hybridized carbons (Fsp3) is 0.750. The standard InChI is InChI=1S/C8H17N3O2S/c1-5(9)4-14-6(2)7(12)11-8(13)10-3/h5-6H,4,9H2,1-3H3,(H2,10,11,12,13). The summed E-state index contributed by atoms with van der Waals surface area (Å²) in [4.78, 5) is 22.1. The Morgan fingerprint density at radius 2 is 2.00 bits per heavy atom. The van der Waals surface area contributed by atoms with E-state index in [1.54, 1.807) is 6.92 Å². The second kappa shape index (κ2) is 6.67. The van der Waals surface area contributed by atoms with E-state index in [0.717, 1.165) is 0 Å². The number of hydrogen-bond acceptors (Lipinski definition) is 4. The molecule has 0 aromatic carbocycles. The lowest BCUT2D eigenvalue weighted by Crippen LogP contribution is -2.41. The summed E-state index contributed by atoms with van der Waals surface area (Å²) in [5.74, 6) is 0.400. The highest BCUT2D eigenvalue weighted by molar-refractivity contribution is 8.00. The molecule has 0 rings (SSSR count). The molecule has 0 spiro atoms. The molecule has 0 aliphatic heterocycles. The van der Waals surface area contributed by atoms with Crippen LogP contribution in [0, 0.1) is 0 Å². The number of thioether (sulfide) groups is 1. The van der Waals surface area contributed by atoms with E-state index in [0.29, 0.717) is 5.75 Å². The van der Waals surface area contributed by atoms with Gasteiger partial charge in [-0.05, 0) is 13.8 Å². The first-order chi connectivity index (χ1) is 6.47. The summed E-state index contributed by atoms with van der Waals surface area (Å²) in [5.41, 5.74) is 5.54. The maximum Gasteiger partial charge on any atom is 0.321 e. The SMILES string of the molecule is CNC(=O)NC(=O)C(C)SCC(C)N. The topological polar surface area (TPSA) is 84.2 Å². The molecule has 3 amide bonds. The van der Waals surface area contributed by atoms with Gasteiger partial charge in [-0.2, -0.15) is 0 Å². The van der Waals surface area contributed by atoms with Crippen molar-refractivity contribution in [1.82, 2.24) is 10.6 Å². The Kier molecular flexibility index (Phi) is 6.31. The third-order valence-corrected chi connectivity index (χ3v) is 2.87. The van der Waals surface area contributed by atoms with Crippen molar-refractivity contribution in [2.24, 2.45) is 5.73 Å². The maximum absolute atomic E-state index is 11.3. The molecule has 0 bridgehead atoms. The summed E-state index contributed by atoms with van der Waals surface area (Å²) < 4.78 is 0. The summed E-state index contributed by atoms with van der Waals surface area (Å²) in [6, 6.07) is -0.432. The van der Waals surface area contributed by atoms with Crippen LogP contribution in [0.25, 0.3) is 0 Å². The van der Waals surface area contributed by atoms with E-state index in [9.17, 15) is 9.59 Å². The molecule has 0 aromatic rings. The Bertz CT molecular complexity index is 209. The maximum atomic E-state index is 11.3. The molecule has 4 N–H and O–H groups in total. The summed E-state index contributed by atoms with van der Waals surface area (Å²) in [6.07, 6.45) is 0. The zero-order valence-corrected chi connectivity index (χ0v) is 9.48. The third kappa shape index (κ3) is 5.82.